The predicted octanol–water partition coefficient (Wildman–Crippen LogP) is 4.68. The average molecular weight is 571 g/mol. The van der Waals surface area contributed by atoms with Gasteiger partial charge in [0, 0.05) is 5.56 Å². The van der Waals surface area contributed by atoms with E-state index in [0.29, 0.717) is 57.2 Å². The van der Waals surface area contributed by atoms with Crippen LogP contribution in [-0.2, 0) is 4.79 Å². The molecule has 3 rings (SSSR count). The monoisotopic (exact) mass is 570 g/mol. The molecule has 194 valence electrons. The van der Waals surface area contributed by atoms with Crippen LogP contribution in [0.25, 0.3) is 0 Å². The molecular formula is C21H26N6O5S4. The molecule has 0 aliphatic carbocycles. The van der Waals surface area contributed by atoms with Gasteiger partial charge in [0.1, 0.15) is 0 Å². The van der Waals surface area contributed by atoms with E-state index in [1.165, 1.54) is 34.4 Å². The Labute approximate surface area is 225 Å². The minimum Gasteiger partial charge on any atom is -0.490 e. The van der Waals surface area contributed by atoms with Gasteiger partial charge in [0.25, 0.3) is 5.91 Å². The first-order chi connectivity index (χ1) is 17.5. The fraction of sp³-hybridized carbons (Fsp3) is 0.429. The molecule has 15 heteroatoms. The minimum absolute atomic E-state index is 0.118. The second-order valence-corrected chi connectivity index (χ2v) is 11.3. The van der Waals surface area contributed by atoms with Crippen LogP contribution in [0, 0.1) is 0 Å². The first-order valence-corrected chi connectivity index (χ1v) is 14.7. The third-order valence-corrected chi connectivity index (χ3v) is 7.87. The second-order valence-electron chi connectivity index (χ2n) is 6.57. The Hall–Kier alpha value is -2.62. The second kappa shape index (κ2) is 14.2. The van der Waals surface area contributed by atoms with E-state index in [0.717, 1.165) is 10.1 Å². The number of thioether (sulfide) groups is 2. The largest absolute Gasteiger partial charge is 0.490 e. The van der Waals surface area contributed by atoms with Gasteiger partial charge in [0.2, 0.25) is 21.9 Å². The molecule has 2 amide bonds. The predicted molar refractivity (Wildman–Crippen MR) is 143 cm³/mol. The Bertz CT molecular complexity index is 1140. The van der Waals surface area contributed by atoms with Gasteiger partial charge >= 0.3 is 0 Å². The Morgan fingerprint density at radius 2 is 1.36 bits per heavy atom. The number of hydrogen-bond donors (Lipinski definition) is 2. The molecule has 2 heterocycles. The molecule has 0 fully saturated rings. The summed E-state index contributed by atoms with van der Waals surface area (Å²) in [6.07, 6.45) is 0. The molecule has 36 heavy (non-hydrogen) atoms. The normalized spacial score (nSPS) is 10.7. The van der Waals surface area contributed by atoms with Gasteiger partial charge in [-0.05, 0) is 38.7 Å². The highest BCUT2D eigenvalue weighted by molar-refractivity contribution is 8.01. The summed E-state index contributed by atoms with van der Waals surface area (Å²) < 4.78 is 18.4. The number of hydrogen-bond acceptors (Lipinski definition) is 13. The van der Waals surface area contributed by atoms with E-state index in [-0.39, 0.29) is 11.7 Å². The third-order valence-electron chi connectivity index (χ3n) is 4.05. The lowest BCUT2D eigenvalue weighted by molar-refractivity contribution is -0.113. The Morgan fingerprint density at radius 1 is 0.806 bits per heavy atom. The van der Waals surface area contributed by atoms with Gasteiger partial charge in [-0.25, -0.2) is 0 Å². The van der Waals surface area contributed by atoms with E-state index in [9.17, 15) is 9.59 Å². The average Bonchev–Trinajstić information content (AvgIpc) is 3.49. The van der Waals surface area contributed by atoms with E-state index in [4.69, 9.17) is 14.2 Å². The van der Waals surface area contributed by atoms with Crippen molar-refractivity contribution < 1.29 is 23.8 Å². The van der Waals surface area contributed by atoms with Gasteiger partial charge in [-0.2, -0.15) is 0 Å². The van der Waals surface area contributed by atoms with E-state index in [1.54, 1.807) is 23.9 Å². The topological polar surface area (TPSA) is 137 Å². The van der Waals surface area contributed by atoms with Crippen molar-refractivity contribution in [3.8, 4) is 17.2 Å². The van der Waals surface area contributed by atoms with Crippen LogP contribution in [0.5, 0.6) is 17.2 Å². The molecule has 0 atom stereocenters. The van der Waals surface area contributed by atoms with Gasteiger partial charge < -0.3 is 14.2 Å². The zero-order valence-corrected chi connectivity index (χ0v) is 23.4. The number of aromatic nitrogens is 4. The van der Waals surface area contributed by atoms with Crippen LogP contribution >= 0.6 is 46.2 Å². The maximum absolute atomic E-state index is 12.9. The van der Waals surface area contributed by atoms with Crippen LogP contribution in [0.15, 0.2) is 20.8 Å². The third kappa shape index (κ3) is 7.94. The Morgan fingerprint density at radius 3 is 1.92 bits per heavy atom. The summed E-state index contributed by atoms with van der Waals surface area (Å²) in [5.41, 5.74) is 0.326. The molecule has 3 aromatic rings. The minimum atomic E-state index is -0.401. The van der Waals surface area contributed by atoms with Crippen molar-refractivity contribution in [2.24, 2.45) is 0 Å². The van der Waals surface area contributed by atoms with Crippen LogP contribution < -0.4 is 24.8 Å². The van der Waals surface area contributed by atoms with Gasteiger partial charge in [-0.1, -0.05) is 53.1 Å². The van der Waals surface area contributed by atoms with E-state index in [1.807, 2.05) is 27.7 Å². The molecule has 0 unspecified atom stereocenters. The number of anilines is 2. The highest BCUT2D eigenvalue weighted by Gasteiger charge is 2.20. The summed E-state index contributed by atoms with van der Waals surface area (Å²) in [6.45, 7) is 8.81. The summed E-state index contributed by atoms with van der Waals surface area (Å²) in [6, 6.07) is 3.20. The van der Waals surface area contributed by atoms with Crippen molar-refractivity contribution in [3.05, 3.63) is 17.7 Å². The van der Waals surface area contributed by atoms with E-state index in [2.05, 4.69) is 31.0 Å². The van der Waals surface area contributed by atoms with Gasteiger partial charge in [-0.3, -0.25) is 20.2 Å². The Kier molecular flexibility index (Phi) is 11.0. The first kappa shape index (κ1) is 28.0. The molecule has 0 spiro atoms. The summed E-state index contributed by atoms with van der Waals surface area (Å²) >= 11 is 5.27. The highest BCUT2D eigenvalue weighted by atomic mass is 32.2. The van der Waals surface area contributed by atoms with Gasteiger partial charge in [0.15, 0.2) is 20.2 Å². The lowest BCUT2D eigenvalue weighted by Gasteiger charge is -2.16. The van der Waals surface area contributed by atoms with Crippen LogP contribution in [0.3, 0.4) is 0 Å². The van der Waals surface area contributed by atoms with Crippen molar-refractivity contribution >= 4 is 68.3 Å². The molecule has 0 aliphatic heterocycles. The lowest BCUT2D eigenvalue weighted by atomic mass is 10.1. The summed E-state index contributed by atoms with van der Waals surface area (Å²) in [5, 5.41) is 22.2. The number of rotatable bonds is 14. The van der Waals surface area contributed by atoms with Crippen molar-refractivity contribution in [1.82, 2.24) is 20.4 Å². The van der Waals surface area contributed by atoms with E-state index < -0.39 is 5.91 Å². The first-order valence-electron chi connectivity index (χ1n) is 11.1. The fourth-order valence-electron chi connectivity index (χ4n) is 2.73. The fourth-order valence-corrected chi connectivity index (χ4v) is 5.94. The molecule has 2 N–H and O–H groups in total. The van der Waals surface area contributed by atoms with Gasteiger partial charge in [-0.15, -0.1) is 20.4 Å². The van der Waals surface area contributed by atoms with Crippen LogP contribution in [0.1, 0.15) is 38.1 Å². The van der Waals surface area contributed by atoms with Crippen molar-refractivity contribution in [3.63, 3.8) is 0 Å². The zero-order valence-electron chi connectivity index (χ0n) is 20.2. The van der Waals surface area contributed by atoms with Crippen LogP contribution in [0.2, 0.25) is 0 Å². The number of carbonyl (C=O) groups is 2. The number of nitrogens with zero attached hydrogens (tertiary/aromatic N) is 4. The smallest absolute Gasteiger partial charge is 0.257 e. The summed E-state index contributed by atoms with van der Waals surface area (Å²) in [5.74, 6) is 1.67. The SMILES string of the molecule is CCOc1cc(C(=O)Nc2nnc(SCC(=O)Nc3nnc(SCC)s3)s2)cc(OCC)c1OCC. The molecule has 1 aromatic carbocycles. The molecule has 0 bridgehead atoms. The maximum Gasteiger partial charge on any atom is 0.257 e. The zero-order chi connectivity index (χ0) is 25.9. The number of carbonyl (C=O) groups excluding carboxylic acids is 2. The summed E-state index contributed by atoms with van der Waals surface area (Å²) in [7, 11) is 0. The van der Waals surface area contributed by atoms with Crippen LogP contribution in [0.4, 0.5) is 10.3 Å². The summed E-state index contributed by atoms with van der Waals surface area (Å²) in [4.78, 5) is 25.1. The standard InChI is InChI=1S/C21H26N6O5S4/c1-5-30-13-9-12(10-14(31-6-2)16(13)32-7-3)17(29)23-19-25-27-21(36-19)34-11-15(28)22-18-24-26-20(35-18)33-8-4/h9-10H,5-8,11H2,1-4H3,(H,22,24,28)(H,23,25,29). The molecule has 0 saturated carbocycles. The van der Waals surface area contributed by atoms with Crippen molar-refractivity contribution in [2.75, 3.05) is 42.0 Å². The highest BCUT2D eigenvalue weighted by Crippen LogP contribution is 2.39. The van der Waals surface area contributed by atoms with Crippen molar-refractivity contribution in [2.45, 2.75) is 36.4 Å². The number of nitrogens with one attached hydrogen (secondary N) is 2. The molecule has 0 radical (unpaired) electrons. The quantitative estimate of drug-likeness (QED) is 0.206. The number of ether oxygens (including phenoxy) is 3. The molecular weight excluding hydrogens is 545 g/mol. The Balaban J connectivity index is 1.61. The van der Waals surface area contributed by atoms with Gasteiger partial charge in [0.05, 0.1) is 25.6 Å². The molecule has 11 nitrogen and oxygen atoms in total. The molecule has 0 aliphatic rings. The number of amides is 2. The molecule has 0 saturated heterocycles. The van der Waals surface area contributed by atoms with E-state index >= 15 is 0 Å². The molecule has 2 aromatic heterocycles. The maximum atomic E-state index is 12.9. The number of benzene rings is 1. The van der Waals surface area contributed by atoms with Crippen LogP contribution in [-0.4, -0.2) is 63.5 Å². The van der Waals surface area contributed by atoms with Crippen molar-refractivity contribution in [1.29, 1.82) is 0 Å². The lowest BCUT2D eigenvalue weighted by Crippen LogP contribution is -2.13.